The number of halogens is 1. The van der Waals surface area contributed by atoms with Gasteiger partial charge in [-0.3, -0.25) is 0 Å². The van der Waals surface area contributed by atoms with Gasteiger partial charge in [-0.1, -0.05) is 0 Å². The molecule has 0 fully saturated rings. The van der Waals surface area contributed by atoms with Crippen LogP contribution in [-0.4, -0.2) is 25.4 Å². The maximum atomic E-state index is 12.0. The van der Waals surface area contributed by atoms with Gasteiger partial charge in [0.05, 0.1) is 0 Å². The van der Waals surface area contributed by atoms with Crippen LogP contribution < -0.4 is 5.32 Å². The molecule has 0 aliphatic heterocycles. The summed E-state index contributed by atoms with van der Waals surface area (Å²) in [6, 6.07) is 19.2. The molecule has 0 saturated carbocycles. The monoisotopic (exact) mass is 408 g/mol. The van der Waals surface area contributed by atoms with Crippen molar-refractivity contribution in [2.45, 2.75) is 0 Å². The van der Waals surface area contributed by atoms with E-state index in [1.54, 1.807) is 12.1 Å². The van der Waals surface area contributed by atoms with Crippen molar-refractivity contribution in [3.8, 4) is 11.3 Å². The predicted octanol–water partition coefficient (Wildman–Crippen LogP) is 3.64. The van der Waals surface area contributed by atoms with E-state index in [0.717, 1.165) is 15.9 Å². The standard InChI is InChI=1S/C16H12N2OSe.BrH/c19-15(13-9-5-2-6-10-13)18-16-17-14(11-20-16)12-7-3-1-4-8-12;/h1-11H,(H,17,18,19);1H. The van der Waals surface area contributed by atoms with Crippen LogP contribution in [0.3, 0.4) is 0 Å². The van der Waals surface area contributed by atoms with Gasteiger partial charge in [0.15, 0.2) is 0 Å². The molecule has 0 saturated heterocycles. The topological polar surface area (TPSA) is 42.0 Å². The van der Waals surface area contributed by atoms with Crippen LogP contribution in [0, 0.1) is 0 Å². The molecular formula is C16H13BrN2OSe. The van der Waals surface area contributed by atoms with Gasteiger partial charge < -0.3 is 0 Å². The van der Waals surface area contributed by atoms with E-state index >= 15 is 0 Å². The number of nitrogens with one attached hydrogen (secondary N) is 1. The van der Waals surface area contributed by atoms with Crippen LogP contribution in [0.2, 0.25) is 0 Å². The number of aromatic nitrogens is 1. The van der Waals surface area contributed by atoms with Crippen LogP contribution in [0.4, 0.5) is 4.69 Å². The zero-order valence-corrected chi connectivity index (χ0v) is 14.4. The summed E-state index contributed by atoms with van der Waals surface area (Å²) >= 11 is 0.0790. The summed E-state index contributed by atoms with van der Waals surface area (Å²) < 4.78 is 0.755. The van der Waals surface area contributed by atoms with Gasteiger partial charge in [0.25, 0.3) is 0 Å². The summed E-state index contributed by atoms with van der Waals surface area (Å²) in [7, 11) is 0. The average Bonchev–Trinajstić information content (AvgIpc) is 2.97. The molecular weight excluding hydrogens is 395 g/mol. The average molecular weight is 408 g/mol. The molecule has 1 amide bonds. The summed E-state index contributed by atoms with van der Waals surface area (Å²) in [5.74, 6) is -0.103. The Morgan fingerprint density at radius 2 is 1.57 bits per heavy atom. The van der Waals surface area contributed by atoms with Crippen molar-refractivity contribution in [2.24, 2.45) is 0 Å². The van der Waals surface area contributed by atoms with Crippen LogP contribution in [0.5, 0.6) is 0 Å². The second kappa shape index (κ2) is 7.36. The number of benzene rings is 2. The number of hydrogen-bond donors (Lipinski definition) is 1. The normalized spacial score (nSPS) is 9.71. The molecule has 1 heterocycles. The molecule has 1 N–H and O–H groups in total. The van der Waals surface area contributed by atoms with E-state index < -0.39 is 0 Å². The van der Waals surface area contributed by atoms with Gasteiger partial charge in [-0.25, -0.2) is 0 Å². The molecule has 3 nitrogen and oxygen atoms in total. The molecule has 21 heavy (non-hydrogen) atoms. The quantitative estimate of drug-likeness (QED) is 0.673. The first kappa shape index (κ1) is 15.7. The van der Waals surface area contributed by atoms with E-state index in [-0.39, 0.29) is 37.4 Å². The van der Waals surface area contributed by atoms with Crippen LogP contribution in [0.15, 0.2) is 65.6 Å². The molecule has 0 unspecified atom stereocenters. The molecule has 2 aromatic carbocycles. The molecule has 0 spiro atoms. The second-order valence-electron chi connectivity index (χ2n) is 4.22. The number of amides is 1. The van der Waals surface area contributed by atoms with Crippen molar-refractivity contribution < 1.29 is 4.79 Å². The second-order valence-corrected chi connectivity index (χ2v) is 6.02. The first-order chi connectivity index (χ1) is 9.83. The van der Waals surface area contributed by atoms with E-state index in [1.165, 1.54) is 0 Å². The number of rotatable bonds is 3. The molecule has 0 aliphatic rings. The van der Waals surface area contributed by atoms with E-state index in [2.05, 4.69) is 15.2 Å². The Labute approximate surface area is 139 Å². The Balaban J connectivity index is 0.00000161. The summed E-state index contributed by atoms with van der Waals surface area (Å²) in [4.78, 5) is 18.6. The van der Waals surface area contributed by atoms with Crippen LogP contribution in [0.1, 0.15) is 10.4 Å². The van der Waals surface area contributed by atoms with Crippen LogP contribution >= 0.6 is 17.0 Å². The van der Waals surface area contributed by atoms with Crippen molar-refractivity contribution >= 4 is 42.1 Å². The van der Waals surface area contributed by atoms with Gasteiger partial charge in [-0.2, -0.15) is 0 Å². The van der Waals surface area contributed by atoms with Crippen molar-refractivity contribution in [3.63, 3.8) is 0 Å². The third-order valence-corrected chi connectivity index (χ3v) is 4.42. The van der Waals surface area contributed by atoms with Crippen LogP contribution in [-0.2, 0) is 0 Å². The minimum atomic E-state index is -0.103. The SMILES string of the molecule is Br.O=C(Nc1nc(-c2ccccc2)c[se]1)c1ccccc1. The van der Waals surface area contributed by atoms with Gasteiger partial charge in [-0.15, -0.1) is 17.0 Å². The van der Waals surface area contributed by atoms with E-state index in [1.807, 2.05) is 48.5 Å². The molecule has 106 valence electrons. The third-order valence-electron chi connectivity index (χ3n) is 2.83. The summed E-state index contributed by atoms with van der Waals surface area (Å²) in [6.07, 6.45) is 0. The van der Waals surface area contributed by atoms with Crippen molar-refractivity contribution in [1.82, 2.24) is 4.98 Å². The fourth-order valence-electron chi connectivity index (χ4n) is 1.83. The molecule has 0 radical (unpaired) electrons. The van der Waals surface area contributed by atoms with E-state index in [9.17, 15) is 4.79 Å². The number of nitrogens with zero attached hydrogens (tertiary/aromatic N) is 1. The molecule has 1 aromatic heterocycles. The predicted molar refractivity (Wildman–Crippen MR) is 91.3 cm³/mol. The summed E-state index contributed by atoms with van der Waals surface area (Å²) in [6.45, 7) is 0. The Bertz CT molecular complexity index is 713. The first-order valence-electron chi connectivity index (χ1n) is 6.20. The zero-order chi connectivity index (χ0) is 13.8. The molecule has 3 rings (SSSR count). The van der Waals surface area contributed by atoms with Gasteiger partial charge in [0.1, 0.15) is 0 Å². The van der Waals surface area contributed by atoms with Crippen molar-refractivity contribution in [2.75, 3.05) is 5.32 Å². The van der Waals surface area contributed by atoms with Crippen molar-refractivity contribution in [1.29, 1.82) is 0 Å². The van der Waals surface area contributed by atoms with Gasteiger partial charge in [0, 0.05) is 0 Å². The Morgan fingerprint density at radius 3 is 2.24 bits per heavy atom. The fourth-order valence-corrected chi connectivity index (χ4v) is 3.33. The number of carbonyl (C=O) groups is 1. The molecule has 3 aromatic rings. The van der Waals surface area contributed by atoms with Gasteiger partial charge in [-0.05, 0) is 0 Å². The number of carbonyl (C=O) groups excluding carboxylic acids is 1. The molecule has 5 heteroatoms. The number of hydrogen-bond acceptors (Lipinski definition) is 2. The fraction of sp³-hybridized carbons (Fsp3) is 0. The van der Waals surface area contributed by atoms with Crippen molar-refractivity contribution in [3.05, 3.63) is 71.2 Å². The zero-order valence-electron chi connectivity index (χ0n) is 11.0. The molecule has 0 bridgehead atoms. The van der Waals surface area contributed by atoms with E-state index in [4.69, 9.17) is 0 Å². The number of anilines is 1. The molecule has 0 aliphatic carbocycles. The van der Waals surface area contributed by atoms with Gasteiger partial charge in [0.2, 0.25) is 0 Å². The Morgan fingerprint density at radius 1 is 0.952 bits per heavy atom. The van der Waals surface area contributed by atoms with Gasteiger partial charge >= 0.3 is 123 Å². The first-order valence-corrected chi connectivity index (χ1v) is 8.05. The Kier molecular flexibility index (Phi) is 5.51. The Hall–Kier alpha value is -1.68. The van der Waals surface area contributed by atoms with Crippen LogP contribution in [0.25, 0.3) is 11.3 Å². The third kappa shape index (κ3) is 3.91. The summed E-state index contributed by atoms with van der Waals surface area (Å²) in [5, 5.41) is 2.88. The summed E-state index contributed by atoms with van der Waals surface area (Å²) in [5.41, 5.74) is 2.67. The minimum absolute atomic E-state index is 0. The maximum absolute atomic E-state index is 12.0. The van der Waals surface area contributed by atoms with E-state index in [0.29, 0.717) is 5.56 Å². The molecule has 0 atom stereocenters.